The highest BCUT2D eigenvalue weighted by molar-refractivity contribution is 6.89. The van der Waals surface area contributed by atoms with Gasteiger partial charge in [0.05, 0.1) is 0 Å². The highest BCUT2D eigenvalue weighted by Gasteiger charge is 2.34. The van der Waals surface area contributed by atoms with Crippen molar-refractivity contribution in [2.24, 2.45) is 0 Å². The van der Waals surface area contributed by atoms with E-state index < -0.39 is 8.07 Å². The van der Waals surface area contributed by atoms with Gasteiger partial charge in [0.15, 0.2) is 0 Å². The van der Waals surface area contributed by atoms with Gasteiger partial charge in [0.1, 0.15) is 6.71 Å². The van der Waals surface area contributed by atoms with E-state index in [1.807, 2.05) is 0 Å². The fourth-order valence-corrected chi connectivity index (χ4v) is 6.10. The second kappa shape index (κ2) is 10.1. The molecule has 0 aliphatic rings. The summed E-state index contributed by atoms with van der Waals surface area (Å²) < 4.78 is 0. The van der Waals surface area contributed by atoms with Gasteiger partial charge in [0.2, 0.25) is 0 Å². The van der Waals surface area contributed by atoms with E-state index in [-0.39, 0.29) is 0 Å². The Hall–Kier alpha value is 0.282. The molecule has 2 heteroatoms. The van der Waals surface area contributed by atoms with E-state index in [4.69, 9.17) is 0 Å². The van der Waals surface area contributed by atoms with E-state index >= 15 is 0 Å². The molecule has 0 saturated carbocycles. The SMILES string of the molecule is CCCCB(CCCC)C(CCCC)[Si](C)(C)C. The zero-order valence-electron chi connectivity index (χ0n) is 14.0. The van der Waals surface area contributed by atoms with E-state index in [0.29, 0.717) is 0 Å². The lowest BCUT2D eigenvalue weighted by Crippen LogP contribution is -2.39. The molecule has 0 rings (SSSR count). The van der Waals surface area contributed by atoms with Crippen LogP contribution in [0.25, 0.3) is 0 Å². The predicted octanol–water partition coefficient (Wildman–Crippen LogP) is 6.52. The standard InChI is InChI=1S/C16H37BSi/c1-7-10-13-16(18(4,5)6)17(14-11-8-2)15-12-9-3/h16H,7-15H2,1-6H3. The van der Waals surface area contributed by atoms with Gasteiger partial charge >= 0.3 is 0 Å². The summed E-state index contributed by atoms with van der Waals surface area (Å²) in [5, 5.41) is 0. The first-order chi connectivity index (χ1) is 8.47. The number of hydrogen-bond donors (Lipinski definition) is 0. The minimum Gasteiger partial charge on any atom is -0.0742 e. The summed E-state index contributed by atoms with van der Waals surface area (Å²) in [7, 11) is -0.987. The van der Waals surface area contributed by atoms with Gasteiger partial charge in [0.25, 0.3) is 0 Å². The van der Waals surface area contributed by atoms with E-state index in [9.17, 15) is 0 Å². The molecule has 0 bridgehead atoms. The third-order valence-electron chi connectivity index (χ3n) is 4.41. The maximum atomic E-state index is 2.60. The Kier molecular flexibility index (Phi) is 10.3. The third-order valence-corrected chi connectivity index (χ3v) is 7.39. The van der Waals surface area contributed by atoms with E-state index in [1.54, 1.807) is 0 Å². The highest BCUT2D eigenvalue weighted by atomic mass is 28.3. The van der Waals surface area contributed by atoms with Crippen molar-refractivity contribution in [3.63, 3.8) is 0 Å². The van der Waals surface area contributed by atoms with Crippen LogP contribution in [0.3, 0.4) is 0 Å². The summed E-state index contributed by atoms with van der Waals surface area (Å²) in [6.07, 6.45) is 12.9. The molecule has 0 aromatic heterocycles. The van der Waals surface area contributed by atoms with Crippen LogP contribution in [0, 0.1) is 0 Å². The molecule has 0 heterocycles. The Bertz CT molecular complexity index is 178. The van der Waals surface area contributed by atoms with Crippen LogP contribution in [0.4, 0.5) is 0 Å². The normalized spacial score (nSPS) is 13.7. The Morgan fingerprint density at radius 3 is 1.56 bits per heavy atom. The van der Waals surface area contributed by atoms with E-state index in [0.717, 1.165) is 12.2 Å². The maximum Gasteiger partial charge on any atom is 0.140 e. The van der Waals surface area contributed by atoms with Gasteiger partial charge in [-0.25, -0.2) is 0 Å². The average Bonchev–Trinajstić information content (AvgIpc) is 2.30. The molecular weight excluding hydrogens is 231 g/mol. The maximum absolute atomic E-state index is 2.60. The molecule has 0 N–H and O–H groups in total. The Labute approximate surface area is 118 Å². The summed E-state index contributed by atoms with van der Waals surface area (Å²) in [6.45, 7) is 15.8. The zero-order valence-corrected chi connectivity index (χ0v) is 15.0. The predicted molar refractivity (Wildman–Crippen MR) is 91.8 cm³/mol. The van der Waals surface area contributed by atoms with Crippen molar-refractivity contribution in [2.45, 2.75) is 103 Å². The summed E-state index contributed by atoms with van der Waals surface area (Å²) in [5.74, 6) is 0. The molecule has 0 aromatic rings. The van der Waals surface area contributed by atoms with Crippen molar-refractivity contribution < 1.29 is 0 Å². The Morgan fingerprint density at radius 2 is 1.22 bits per heavy atom. The third kappa shape index (κ3) is 7.66. The van der Waals surface area contributed by atoms with Crippen molar-refractivity contribution in [2.75, 3.05) is 0 Å². The van der Waals surface area contributed by atoms with Crippen LogP contribution in [0.2, 0.25) is 37.7 Å². The van der Waals surface area contributed by atoms with Crippen LogP contribution in [-0.2, 0) is 0 Å². The lowest BCUT2D eigenvalue weighted by molar-refractivity contribution is 0.721. The van der Waals surface area contributed by atoms with E-state index in [1.165, 1.54) is 57.6 Å². The highest BCUT2D eigenvalue weighted by Crippen LogP contribution is 2.35. The molecule has 0 fully saturated rings. The Morgan fingerprint density at radius 1 is 0.778 bits per heavy atom. The first-order valence-corrected chi connectivity index (χ1v) is 12.0. The minimum absolute atomic E-state index is 0.987. The van der Waals surface area contributed by atoms with Crippen LogP contribution in [0.1, 0.15) is 65.7 Å². The second-order valence-electron chi connectivity index (χ2n) is 7.16. The first-order valence-electron chi connectivity index (χ1n) is 8.47. The number of unbranched alkanes of at least 4 members (excludes halogenated alkanes) is 3. The quantitative estimate of drug-likeness (QED) is 0.374. The van der Waals surface area contributed by atoms with Gasteiger partial charge < -0.3 is 0 Å². The lowest BCUT2D eigenvalue weighted by atomic mass is 9.40. The molecule has 18 heavy (non-hydrogen) atoms. The van der Waals surface area contributed by atoms with Crippen molar-refractivity contribution in [3.8, 4) is 0 Å². The molecule has 1 unspecified atom stereocenters. The molecule has 0 nitrogen and oxygen atoms in total. The summed E-state index contributed by atoms with van der Waals surface area (Å²) in [5.41, 5.74) is 1.07. The first kappa shape index (κ1) is 18.3. The monoisotopic (exact) mass is 268 g/mol. The molecule has 0 radical (unpaired) electrons. The van der Waals surface area contributed by atoms with Crippen molar-refractivity contribution >= 4 is 14.8 Å². The van der Waals surface area contributed by atoms with Crippen molar-refractivity contribution in [3.05, 3.63) is 0 Å². The fourth-order valence-electron chi connectivity index (χ4n) is 3.28. The van der Waals surface area contributed by atoms with Gasteiger partial charge in [-0.1, -0.05) is 103 Å². The van der Waals surface area contributed by atoms with Crippen LogP contribution in [0.5, 0.6) is 0 Å². The summed E-state index contributed by atoms with van der Waals surface area (Å²) in [4.78, 5) is 0. The lowest BCUT2D eigenvalue weighted by Gasteiger charge is -2.35. The van der Waals surface area contributed by atoms with Gasteiger partial charge in [-0.3, -0.25) is 0 Å². The summed E-state index contributed by atoms with van der Waals surface area (Å²) in [6, 6.07) is 0. The molecule has 0 aliphatic heterocycles. The Balaban J connectivity index is 4.59. The number of hydrogen-bond acceptors (Lipinski definition) is 0. The molecule has 0 saturated heterocycles. The van der Waals surface area contributed by atoms with Crippen LogP contribution < -0.4 is 0 Å². The second-order valence-corrected chi connectivity index (χ2v) is 12.6. The van der Waals surface area contributed by atoms with Crippen LogP contribution in [0.15, 0.2) is 0 Å². The van der Waals surface area contributed by atoms with Crippen LogP contribution in [-0.4, -0.2) is 14.8 Å². The van der Waals surface area contributed by atoms with Gasteiger partial charge in [-0.15, -0.1) is 0 Å². The van der Waals surface area contributed by atoms with Gasteiger partial charge in [-0.2, -0.15) is 0 Å². The average molecular weight is 268 g/mol. The van der Waals surface area contributed by atoms with Gasteiger partial charge in [0, 0.05) is 8.07 Å². The molecule has 0 aliphatic carbocycles. The minimum atomic E-state index is -0.987. The molecule has 108 valence electrons. The smallest absolute Gasteiger partial charge is 0.0742 e. The topological polar surface area (TPSA) is 0 Å². The fraction of sp³-hybridized carbons (Fsp3) is 1.00. The molecule has 0 spiro atoms. The summed E-state index contributed by atoms with van der Waals surface area (Å²) >= 11 is 0. The molecule has 1 atom stereocenters. The number of rotatable bonds is 11. The van der Waals surface area contributed by atoms with E-state index in [2.05, 4.69) is 40.4 Å². The van der Waals surface area contributed by atoms with Gasteiger partial charge in [-0.05, 0) is 0 Å². The zero-order chi connectivity index (χ0) is 14.0. The van der Waals surface area contributed by atoms with Crippen LogP contribution >= 0.6 is 0 Å². The molecule has 0 aromatic carbocycles. The molecule has 0 amide bonds. The molecular formula is C16H37BSi. The largest absolute Gasteiger partial charge is 0.140 e. The van der Waals surface area contributed by atoms with Crippen molar-refractivity contribution in [1.29, 1.82) is 0 Å². The van der Waals surface area contributed by atoms with Crippen molar-refractivity contribution in [1.82, 2.24) is 0 Å².